The van der Waals surface area contributed by atoms with E-state index in [0.29, 0.717) is 30.8 Å². The number of rotatable bonds is 6. The van der Waals surface area contributed by atoms with Crippen LogP contribution in [0, 0.1) is 17.5 Å². The lowest BCUT2D eigenvalue weighted by Crippen LogP contribution is -2.27. The van der Waals surface area contributed by atoms with Crippen LogP contribution in [0.3, 0.4) is 0 Å². The lowest BCUT2D eigenvalue weighted by atomic mass is 10.3. The zero-order valence-electron chi connectivity index (χ0n) is 10.7. The number of halogens is 3. The van der Waals surface area contributed by atoms with Crippen LogP contribution in [0.1, 0.15) is 12.2 Å². The molecule has 0 aliphatic rings. The van der Waals surface area contributed by atoms with Gasteiger partial charge in [-0.25, -0.2) is 31.3 Å². The maximum Gasteiger partial charge on any atom is 0.246 e. The molecule has 0 radical (unpaired) electrons. The SMILES string of the molecule is O=S(=O)(NCCCc1ncc[nH]1)c1c(F)cc(F)cc1F. The number of aromatic amines is 1. The third kappa shape index (κ3) is 3.82. The molecule has 114 valence electrons. The molecule has 0 fully saturated rings. The Bertz CT molecular complexity index is 694. The number of imidazole rings is 1. The minimum Gasteiger partial charge on any atom is -0.349 e. The molecule has 0 bridgehead atoms. The van der Waals surface area contributed by atoms with E-state index in [1.165, 1.54) is 0 Å². The Morgan fingerprint density at radius 2 is 1.86 bits per heavy atom. The molecule has 0 saturated heterocycles. The number of aromatic nitrogens is 2. The third-order valence-corrected chi connectivity index (χ3v) is 4.18. The topological polar surface area (TPSA) is 74.8 Å². The summed E-state index contributed by atoms with van der Waals surface area (Å²) in [6.45, 7) is -0.0285. The highest BCUT2D eigenvalue weighted by molar-refractivity contribution is 7.89. The van der Waals surface area contributed by atoms with Crippen LogP contribution in [0.2, 0.25) is 0 Å². The lowest BCUT2D eigenvalue weighted by molar-refractivity contribution is 0.493. The van der Waals surface area contributed by atoms with Gasteiger partial charge in [0.2, 0.25) is 10.0 Å². The van der Waals surface area contributed by atoms with E-state index in [4.69, 9.17) is 0 Å². The van der Waals surface area contributed by atoms with Crippen molar-refractivity contribution in [2.75, 3.05) is 6.54 Å². The van der Waals surface area contributed by atoms with Gasteiger partial charge in [0.05, 0.1) is 0 Å². The van der Waals surface area contributed by atoms with Crippen LogP contribution in [0.4, 0.5) is 13.2 Å². The Kier molecular flexibility index (Phi) is 4.63. The number of hydrogen-bond acceptors (Lipinski definition) is 3. The Hall–Kier alpha value is -1.87. The summed E-state index contributed by atoms with van der Waals surface area (Å²) in [7, 11) is -4.38. The lowest BCUT2D eigenvalue weighted by Gasteiger charge is -2.08. The van der Waals surface area contributed by atoms with Crippen molar-refractivity contribution in [3.05, 3.63) is 47.8 Å². The molecule has 1 aromatic heterocycles. The van der Waals surface area contributed by atoms with E-state index in [1.807, 2.05) is 0 Å². The van der Waals surface area contributed by atoms with Gasteiger partial charge in [-0.1, -0.05) is 0 Å². The predicted molar refractivity (Wildman–Crippen MR) is 68.4 cm³/mol. The predicted octanol–water partition coefficient (Wildman–Crippen LogP) is 1.74. The molecule has 0 aliphatic heterocycles. The van der Waals surface area contributed by atoms with Gasteiger partial charge < -0.3 is 4.98 Å². The van der Waals surface area contributed by atoms with Gasteiger partial charge in [0.1, 0.15) is 23.3 Å². The molecule has 0 amide bonds. The standard InChI is InChI=1S/C12H12F3N3O2S/c13-8-6-9(14)12(10(15)7-8)21(19,20)18-3-1-2-11-16-4-5-17-11/h4-7,18H,1-3H2,(H,16,17). The van der Waals surface area contributed by atoms with Crippen LogP contribution >= 0.6 is 0 Å². The fraction of sp³-hybridized carbons (Fsp3) is 0.250. The first kappa shape index (κ1) is 15.5. The summed E-state index contributed by atoms with van der Waals surface area (Å²) in [4.78, 5) is 5.61. The molecule has 0 aliphatic carbocycles. The van der Waals surface area contributed by atoms with Gasteiger partial charge in [0.25, 0.3) is 0 Å². The quantitative estimate of drug-likeness (QED) is 0.797. The van der Waals surface area contributed by atoms with Gasteiger partial charge in [0.15, 0.2) is 4.90 Å². The highest BCUT2D eigenvalue weighted by Gasteiger charge is 2.24. The summed E-state index contributed by atoms with van der Waals surface area (Å²) >= 11 is 0. The molecule has 2 rings (SSSR count). The van der Waals surface area contributed by atoms with E-state index < -0.39 is 32.4 Å². The van der Waals surface area contributed by atoms with E-state index in [-0.39, 0.29) is 6.54 Å². The summed E-state index contributed by atoms with van der Waals surface area (Å²) in [5.74, 6) is -3.44. The minimum atomic E-state index is -4.38. The highest BCUT2D eigenvalue weighted by Crippen LogP contribution is 2.19. The molecule has 0 unspecified atom stereocenters. The first-order valence-electron chi connectivity index (χ1n) is 6.02. The molecule has 9 heteroatoms. The first-order valence-corrected chi connectivity index (χ1v) is 7.51. The van der Waals surface area contributed by atoms with E-state index in [2.05, 4.69) is 14.7 Å². The fourth-order valence-corrected chi connectivity index (χ4v) is 2.94. The average molecular weight is 319 g/mol. The maximum atomic E-state index is 13.4. The van der Waals surface area contributed by atoms with Crippen LogP contribution in [0.15, 0.2) is 29.4 Å². The van der Waals surface area contributed by atoms with Crippen molar-refractivity contribution in [1.29, 1.82) is 0 Å². The van der Waals surface area contributed by atoms with Crippen molar-refractivity contribution in [1.82, 2.24) is 14.7 Å². The van der Waals surface area contributed by atoms with Crippen LogP contribution in [0.5, 0.6) is 0 Å². The number of H-pyrrole nitrogens is 1. The van der Waals surface area contributed by atoms with Crippen LogP contribution in [-0.2, 0) is 16.4 Å². The molecule has 1 heterocycles. The molecular weight excluding hydrogens is 307 g/mol. The summed E-state index contributed by atoms with van der Waals surface area (Å²) in [5.41, 5.74) is 0. The number of hydrogen-bond donors (Lipinski definition) is 2. The normalized spacial score (nSPS) is 11.8. The monoisotopic (exact) mass is 319 g/mol. The molecule has 0 atom stereocenters. The summed E-state index contributed by atoms with van der Waals surface area (Å²) < 4.78 is 65.3. The summed E-state index contributed by atoms with van der Waals surface area (Å²) in [6, 6.07) is 0.640. The van der Waals surface area contributed by atoms with Crippen molar-refractivity contribution >= 4 is 10.0 Å². The molecule has 0 saturated carbocycles. The Morgan fingerprint density at radius 1 is 1.19 bits per heavy atom. The van der Waals surface area contributed by atoms with Crippen LogP contribution in [-0.4, -0.2) is 24.9 Å². The molecular formula is C12H12F3N3O2S. The van der Waals surface area contributed by atoms with Crippen LogP contribution < -0.4 is 4.72 Å². The number of benzene rings is 1. The van der Waals surface area contributed by atoms with Crippen molar-refractivity contribution in [3.8, 4) is 0 Å². The zero-order chi connectivity index (χ0) is 15.5. The Morgan fingerprint density at radius 3 is 2.43 bits per heavy atom. The van der Waals surface area contributed by atoms with Crippen LogP contribution in [0.25, 0.3) is 0 Å². The Balaban J connectivity index is 2.02. The van der Waals surface area contributed by atoms with Gasteiger partial charge in [-0.2, -0.15) is 0 Å². The van der Waals surface area contributed by atoms with E-state index in [0.717, 1.165) is 0 Å². The molecule has 2 aromatic rings. The Labute approximate surface area is 119 Å². The second kappa shape index (κ2) is 6.27. The molecule has 0 spiro atoms. The molecule has 21 heavy (non-hydrogen) atoms. The number of sulfonamides is 1. The van der Waals surface area contributed by atoms with Crippen molar-refractivity contribution in [3.63, 3.8) is 0 Å². The molecule has 5 nitrogen and oxygen atoms in total. The number of aryl methyl sites for hydroxylation is 1. The smallest absolute Gasteiger partial charge is 0.246 e. The number of nitrogens with zero attached hydrogens (tertiary/aromatic N) is 1. The van der Waals surface area contributed by atoms with Gasteiger partial charge >= 0.3 is 0 Å². The van der Waals surface area contributed by atoms with Gasteiger partial charge in [-0.05, 0) is 6.42 Å². The largest absolute Gasteiger partial charge is 0.349 e. The second-order valence-electron chi connectivity index (χ2n) is 4.24. The highest BCUT2D eigenvalue weighted by atomic mass is 32.2. The first-order chi connectivity index (χ1) is 9.90. The maximum absolute atomic E-state index is 13.4. The fourth-order valence-electron chi connectivity index (χ4n) is 1.75. The molecule has 2 N–H and O–H groups in total. The van der Waals surface area contributed by atoms with Gasteiger partial charge in [-0.3, -0.25) is 0 Å². The summed E-state index contributed by atoms with van der Waals surface area (Å²) in [6.07, 6.45) is 4.05. The van der Waals surface area contributed by atoms with Crippen molar-refractivity contribution < 1.29 is 21.6 Å². The minimum absolute atomic E-state index is 0.0285. The third-order valence-electron chi connectivity index (χ3n) is 2.67. The van der Waals surface area contributed by atoms with Crippen molar-refractivity contribution in [2.45, 2.75) is 17.7 Å². The zero-order valence-corrected chi connectivity index (χ0v) is 11.6. The molecule has 1 aromatic carbocycles. The van der Waals surface area contributed by atoms with Gasteiger partial charge in [-0.15, -0.1) is 0 Å². The van der Waals surface area contributed by atoms with Crippen molar-refractivity contribution in [2.24, 2.45) is 0 Å². The second-order valence-corrected chi connectivity index (χ2v) is 5.94. The number of nitrogens with one attached hydrogen (secondary N) is 2. The van der Waals surface area contributed by atoms with E-state index >= 15 is 0 Å². The average Bonchev–Trinajstić information content (AvgIpc) is 2.86. The van der Waals surface area contributed by atoms with Gasteiger partial charge in [0, 0.05) is 37.5 Å². The van der Waals surface area contributed by atoms with E-state index in [9.17, 15) is 21.6 Å². The summed E-state index contributed by atoms with van der Waals surface area (Å²) in [5, 5.41) is 0. The van der Waals surface area contributed by atoms with E-state index in [1.54, 1.807) is 12.4 Å².